The van der Waals surface area contributed by atoms with Gasteiger partial charge in [-0.3, -0.25) is 10.1 Å². The van der Waals surface area contributed by atoms with E-state index in [1.807, 2.05) is 30.3 Å². The number of nitrogens with zero attached hydrogens (tertiary/aromatic N) is 1. The van der Waals surface area contributed by atoms with Crippen LogP contribution in [0.5, 0.6) is 0 Å². The number of aliphatic hydroxyl groups excluding tert-OH is 1. The molecule has 0 aliphatic heterocycles. The minimum Gasteiger partial charge on any atom is -0.396 e. The van der Waals surface area contributed by atoms with Gasteiger partial charge < -0.3 is 10.4 Å². The number of nitrogens with one attached hydrogen (secondary N) is 1. The molecule has 116 valence electrons. The number of aliphatic hydroxyl groups is 1. The van der Waals surface area contributed by atoms with Gasteiger partial charge in [-0.1, -0.05) is 41.9 Å². The fourth-order valence-corrected chi connectivity index (χ4v) is 2.62. The first-order chi connectivity index (χ1) is 10.5. The van der Waals surface area contributed by atoms with Crippen LogP contribution in [0.1, 0.15) is 17.0 Å². The molecule has 0 saturated carbocycles. The fraction of sp³-hybridized carbons (Fsp3) is 0.250. The maximum Gasteiger partial charge on any atom is 0.271 e. The Morgan fingerprint density at radius 2 is 2.00 bits per heavy atom. The molecule has 0 bridgehead atoms. The third kappa shape index (κ3) is 3.75. The van der Waals surface area contributed by atoms with Crippen LogP contribution < -0.4 is 5.32 Å². The molecule has 6 heteroatoms. The molecule has 5 nitrogen and oxygen atoms in total. The van der Waals surface area contributed by atoms with E-state index in [4.69, 9.17) is 11.6 Å². The molecule has 0 saturated heterocycles. The van der Waals surface area contributed by atoms with Crippen molar-refractivity contribution in [1.29, 1.82) is 0 Å². The van der Waals surface area contributed by atoms with Crippen molar-refractivity contribution in [3.8, 4) is 0 Å². The van der Waals surface area contributed by atoms with Gasteiger partial charge in [0.2, 0.25) is 0 Å². The molecule has 2 aromatic carbocycles. The number of hydrogen-bond donors (Lipinski definition) is 2. The largest absolute Gasteiger partial charge is 0.396 e. The Morgan fingerprint density at radius 1 is 1.32 bits per heavy atom. The monoisotopic (exact) mass is 320 g/mol. The summed E-state index contributed by atoms with van der Waals surface area (Å²) in [6, 6.07) is 12.5. The summed E-state index contributed by atoms with van der Waals surface area (Å²) in [6.45, 7) is 2.25. The predicted molar refractivity (Wildman–Crippen MR) is 87.6 cm³/mol. The van der Waals surface area contributed by atoms with Crippen molar-refractivity contribution in [3.63, 3.8) is 0 Å². The summed E-state index contributed by atoms with van der Waals surface area (Å²) in [4.78, 5) is 10.3. The SMILES string of the molecule is Cc1cc([N+](=O)[O-])cc(Cl)c1NCC(CO)c1ccccc1. The molecule has 1 atom stereocenters. The number of non-ortho nitro benzene ring substituents is 1. The van der Waals surface area contributed by atoms with Gasteiger partial charge in [0.05, 0.1) is 22.2 Å². The molecular formula is C16H17ClN2O3. The highest BCUT2D eigenvalue weighted by molar-refractivity contribution is 6.33. The Kier molecular flexibility index (Phi) is 5.35. The van der Waals surface area contributed by atoms with E-state index in [1.54, 1.807) is 6.92 Å². The quantitative estimate of drug-likeness (QED) is 0.628. The molecule has 0 radical (unpaired) electrons. The van der Waals surface area contributed by atoms with Gasteiger partial charge in [0.25, 0.3) is 5.69 Å². The van der Waals surface area contributed by atoms with Crippen molar-refractivity contribution in [2.75, 3.05) is 18.5 Å². The van der Waals surface area contributed by atoms with Crippen LogP contribution in [0.4, 0.5) is 11.4 Å². The normalized spacial score (nSPS) is 12.0. The van der Waals surface area contributed by atoms with Gasteiger partial charge in [0.15, 0.2) is 0 Å². The number of aryl methyl sites for hydroxylation is 1. The topological polar surface area (TPSA) is 75.4 Å². The maximum absolute atomic E-state index is 10.8. The number of benzene rings is 2. The Balaban J connectivity index is 2.15. The van der Waals surface area contributed by atoms with Gasteiger partial charge in [0, 0.05) is 24.6 Å². The molecule has 2 rings (SSSR count). The zero-order valence-electron chi connectivity index (χ0n) is 12.1. The Hall–Kier alpha value is -2.11. The van der Waals surface area contributed by atoms with E-state index in [1.165, 1.54) is 12.1 Å². The van der Waals surface area contributed by atoms with E-state index in [9.17, 15) is 15.2 Å². The second-order valence-corrected chi connectivity index (χ2v) is 5.45. The Bertz CT molecular complexity index is 639. The zero-order chi connectivity index (χ0) is 16.1. The number of nitro benzene ring substituents is 1. The summed E-state index contributed by atoms with van der Waals surface area (Å²) in [7, 11) is 0. The smallest absolute Gasteiger partial charge is 0.271 e. The Labute approximate surface area is 133 Å². The molecule has 0 fully saturated rings. The van der Waals surface area contributed by atoms with Gasteiger partial charge in [0.1, 0.15) is 0 Å². The van der Waals surface area contributed by atoms with Gasteiger partial charge in [-0.25, -0.2) is 0 Å². The van der Waals surface area contributed by atoms with Gasteiger partial charge in [-0.05, 0) is 18.1 Å². The number of hydrogen-bond acceptors (Lipinski definition) is 4. The lowest BCUT2D eigenvalue weighted by molar-refractivity contribution is -0.384. The van der Waals surface area contributed by atoms with Crippen LogP contribution in [0, 0.1) is 17.0 Å². The Morgan fingerprint density at radius 3 is 2.55 bits per heavy atom. The van der Waals surface area contributed by atoms with Gasteiger partial charge >= 0.3 is 0 Å². The van der Waals surface area contributed by atoms with Crippen molar-refractivity contribution >= 4 is 23.0 Å². The number of halogens is 1. The van der Waals surface area contributed by atoms with Crippen molar-refractivity contribution < 1.29 is 10.0 Å². The summed E-state index contributed by atoms with van der Waals surface area (Å²) >= 11 is 6.12. The summed E-state index contributed by atoms with van der Waals surface area (Å²) in [6.07, 6.45) is 0. The lowest BCUT2D eigenvalue weighted by Gasteiger charge is -2.18. The second-order valence-electron chi connectivity index (χ2n) is 5.05. The molecule has 2 aromatic rings. The first kappa shape index (κ1) is 16.3. The van der Waals surface area contributed by atoms with Crippen LogP contribution in [0.15, 0.2) is 42.5 Å². The van der Waals surface area contributed by atoms with E-state index in [0.29, 0.717) is 22.8 Å². The molecule has 0 aromatic heterocycles. The molecule has 1 unspecified atom stereocenters. The van der Waals surface area contributed by atoms with Crippen molar-refractivity contribution in [1.82, 2.24) is 0 Å². The maximum atomic E-state index is 10.8. The molecule has 0 aliphatic rings. The summed E-state index contributed by atoms with van der Waals surface area (Å²) in [5.74, 6) is -0.0770. The molecule has 0 aliphatic carbocycles. The lowest BCUT2D eigenvalue weighted by Crippen LogP contribution is -2.16. The van der Waals surface area contributed by atoms with Gasteiger partial charge in [-0.2, -0.15) is 0 Å². The first-order valence-electron chi connectivity index (χ1n) is 6.87. The van der Waals surface area contributed by atoms with E-state index >= 15 is 0 Å². The van der Waals surface area contributed by atoms with E-state index in [-0.39, 0.29) is 18.2 Å². The zero-order valence-corrected chi connectivity index (χ0v) is 12.9. The van der Waals surface area contributed by atoms with E-state index in [2.05, 4.69) is 5.32 Å². The molecular weight excluding hydrogens is 304 g/mol. The molecule has 2 N–H and O–H groups in total. The van der Waals surface area contributed by atoms with Crippen LogP contribution in [0.25, 0.3) is 0 Å². The number of anilines is 1. The van der Waals surface area contributed by atoms with E-state index in [0.717, 1.165) is 5.56 Å². The number of nitro groups is 1. The summed E-state index contributed by atoms with van der Waals surface area (Å²) in [5, 5.41) is 23.8. The van der Waals surface area contributed by atoms with Crippen LogP contribution in [-0.2, 0) is 0 Å². The van der Waals surface area contributed by atoms with E-state index < -0.39 is 4.92 Å². The minimum atomic E-state index is -0.469. The third-order valence-electron chi connectivity index (χ3n) is 3.50. The highest BCUT2D eigenvalue weighted by atomic mass is 35.5. The third-order valence-corrected chi connectivity index (χ3v) is 3.80. The standard InChI is InChI=1S/C16H17ClN2O3/c1-11-7-14(19(21)22)8-15(17)16(11)18-9-13(10-20)12-5-3-2-4-6-12/h2-8,13,18,20H,9-10H2,1H3. The summed E-state index contributed by atoms with van der Waals surface area (Å²) < 4.78 is 0. The first-order valence-corrected chi connectivity index (χ1v) is 7.25. The van der Waals surface area contributed by atoms with Crippen LogP contribution in [0.2, 0.25) is 5.02 Å². The van der Waals surface area contributed by atoms with Gasteiger partial charge in [-0.15, -0.1) is 0 Å². The highest BCUT2D eigenvalue weighted by Gasteiger charge is 2.15. The van der Waals surface area contributed by atoms with Crippen molar-refractivity contribution in [2.45, 2.75) is 12.8 Å². The van der Waals surface area contributed by atoms with Crippen LogP contribution >= 0.6 is 11.6 Å². The second kappa shape index (κ2) is 7.24. The molecule has 0 amide bonds. The van der Waals surface area contributed by atoms with Crippen LogP contribution in [0.3, 0.4) is 0 Å². The van der Waals surface area contributed by atoms with Crippen molar-refractivity contribution in [2.24, 2.45) is 0 Å². The predicted octanol–water partition coefficient (Wildman–Crippen LogP) is 3.74. The van der Waals surface area contributed by atoms with Crippen molar-refractivity contribution in [3.05, 3.63) is 68.7 Å². The average Bonchev–Trinajstić information content (AvgIpc) is 2.50. The average molecular weight is 321 g/mol. The molecule has 0 spiro atoms. The highest BCUT2D eigenvalue weighted by Crippen LogP contribution is 2.31. The summed E-state index contributed by atoms with van der Waals surface area (Å²) in [5.41, 5.74) is 2.34. The van der Waals surface area contributed by atoms with Crippen LogP contribution in [-0.4, -0.2) is 23.2 Å². The molecule has 0 heterocycles. The number of rotatable bonds is 6. The fourth-order valence-electron chi connectivity index (χ4n) is 2.29. The minimum absolute atomic E-state index is 0.000656. The molecule has 22 heavy (non-hydrogen) atoms. The lowest BCUT2D eigenvalue weighted by atomic mass is 10.00.